The Morgan fingerprint density at radius 1 is 1.24 bits per heavy atom. The number of hydrogen-bond donors (Lipinski definition) is 1. The maximum absolute atomic E-state index is 12.0. The highest BCUT2D eigenvalue weighted by Crippen LogP contribution is 2.16. The summed E-state index contributed by atoms with van der Waals surface area (Å²) >= 11 is 0. The van der Waals surface area contributed by atoms with E-state index in [9.17, 15) is 9.59 Å². The molecule has 0 aliphatic rings. The van der Waals surface area contributed by atoms with Crippen LogP contribution in [0.2, 0.25) is 0 Å². The van der Waals surface area contributed by atoms with Gasteiger partial charge < -0.3 is 9.67 Å². The molecule has 4 nitrogen and oxygen atoms in total. The predicted molar refractivity (Wildman–Crippen MR) is 65.6 cm³/mol. The van der Waals surface area contributed by atoms with Crippen molar-refractivity contribution >= 4 is 16.9 Å². The minimum absolute atomic E-state index is 0.191. The highest BCUT2D eigenvalue weighted by atomic mass is 16.4. The van der Waals surface area contributed by atoms with Gasteiger partial charge in [0.1, 0.15) is 5.56 Å². The number of benzene rings is 1. The van der Waals surface area contributed by atoms with Crippen molar-refractivity contribution in [1.82, 2.24) is 4.57 Å². The molecule has 17 heavy (non-hydrogen) atoms. The summed E-state index contributed by atoms with van der Waals surface area (Å²) in [4.78, 5) is 22.9. The van der Waals surface area contributed by atoms with Crippen LogP contribution in [0.3, 0.4) is 0 Å². The molecule has 0 spiro atoms. The van der Waals surface area contributed by atoms with Crippen LogP contribution in [0.25, 0.3) is 10.9 Å². The van der Waals surface area contributed by atoms with Gasteiger partial charge in [-0.25, -0.2) is 4.79 Å². The molecular formula is C13H13NO3. The smallest absolute Gasteiger partial charge is 0.341 e. The van der Waals surface area contributed by atoms with Crippen LogP contribution >= 0.6 is 0 Å². The average molecular weight is 231 g/mol. The number of fused-ring (bicyclic) bond motifs is 1. The van der Waals surface area contributed by atoms with Crippen molar-refractivity contribution in [1.29, 1.82) is 0 Å². The Morgan fingerprint density at radius 2 is 1.82 bits per heavy atom. The lowest BCUT2D eigenvalue weighted by Crippen LogP contribution is -2.18. The molecule has 0 aliphatic heterocycles. The van der Waals surface area contributed by atoms with Crippen LogP contribution in [0.1, 0.15) is 21.5 Å². The van der Waals surface area contributed by atoms with Gasteiger partial charge in [0, 0.05) is 18.6 Å². The molecule has 0 amide bonds. The summed E-state index contributed by atoms with van der Waals surface area (Å²) in [5.74, 6) is -1.19. The molecule has 0 fully saturated rings. The Morgan fingerprint density at radius 3 is 2.41 bits per heavy atom. The van der Waals surface area contributed by atoms with Crippen LogP contribution in [-0.2, 0) is 7.05 Å². The highest BCUT2D eigenvalue weighted by molar-refractivity contribution is 5.92. The third kappa shape index (κ3) is 1.71. The molecule has 0 aliphatic carbocycles. The number of hydrogen-bond acceptors (Lipinski definition) is 2. The van der Waals surface area contributed by atoms with E-state index in [1.807, 2.05) is 19.9 Å². The van der Waals surface area contributed by atoms with Crippen LogP contribution in [0, 0.1) is 13.8 Å². The summed E-state index contributed by atoms with van der Waals surface area (Å²) in [5.41, 5.74) is 2.20. The number of nitrogens with zero attached hydrogens (tertiary/aromatic N) is 1. The zero-order valence-electron chi connectivity index (χ0n) is 9.94. The molecule has 1 N–H and O–H groups in total. The van der Waals surface area contributed by atoms with E-state index >= 15 is 0 Å². The Bertz CT molecular complexity index is 683. The summed E-state index contributed by atoms with van der Waals surface area (Å²) in [5, 5.41) is 9.41. The second-order valence-electron chi connectivity index (χ2n) is 4.24. The predicted octanol–water partition coefficient (Wildman–Crippen LogP) is 1.85. The van der Waals surface area contributed by atoms with E-state index in [-0.39, 0.29) is 5.56 Å². The van der Waals surface area contributed by atoms with E-state index in [4.69, 9.17) is 5.11 Å². The number of aromatic carboxylic acids is 1. The third-order valence-corrected chi connectivity index (χ3v) is 3.03. The van der Waals surface area contributed by atoms with Gasteiger partial charge in [-0.15, -0.1) is 0 Å². The van der Waals surface area contributed by atoms with E-state index in [1.54, 1.807) is 17.7 Å². The van der Waals surface area contributed by atoms with Gasteiger partial charge in [-0.1, -0.05) is 0 Å². The Labute approximate surface area is 98.1 Å². The molecule has 2 aromatic rings. The monoisotopic (exact) mass is 231 g/mol. The molecule has 1 heterocycles. The number of pyridine rings is 1. The lowest BCUT2D eigenvalue weighted by Gasteiger charge is -2.09. The van der Waals surface area contributed by atoms with Crippen LogP contribution in [0.4, 0.5) is 0 Å². The SMILES string of the molecule is Cc1cc2c(=O)c(C(=O)O)cn(C)c2cc1C. The van der Waals surface area contributed by atoms with Crippen LogP contribution in [0.5, 0.6) is 0 Å². The zero-order valence-corrected chi connectivity index (χ0v) is 9.94. The van der Waals surface area contributed by atoms with Gasteiger partial charge in [-0.05, 0) is 37.1 Å². The van der Waals surface area contributed by atoms with E-state index < -0.39 is 11.4 Å². The second-order valence-corrected chi connectivity index (χ2v) is 4.24. The largest absolute Gasteiger partial charge is 0.477 e. The molecule has 1 aromatic heterocycles. The summed E-state index contributed by atoms with van der Waals surface area (Å²) in [7, 11) is 1.74. The van der Waals surface area contributed by atoms with Crippen molar-refractivity contribution < 1.29 is 9.90 Å². The van der Waals surface area contributed by atoms with Gasteiger partial charge >= 0.3 is 5.97 Å². The quantitative estimate of drug-likeness (QED) is 0.814. The first-order chi connectivity index (χ1) is 7.91. The number of aromatic nitrogens is 1. The maximum Gasteiger partial charge on any atom is 0.341 e. The van der Waals surface area contributed by atoms with Crippen molar-refractivity contribution in [2.45, 2.75) is 13.8 Å². The Kier molecular flexibility index (Phi) is 2.50. The maximum atomic E-state index is 12.0. The molecule has 4 heteroatoms. The summed E-state index contributed by atoms with van der Waals surface area (Å²) in [6.07, 6.45) is 1.36. The van der Waals surface area contributed by atoms with E-state index in [1.165, 1.54) is 6.20 Å². The minimum Gasteiger partial charge on any atom is -0.477 e. The molecule has 1 aromatic carbocycles. The van der Waals surface area contributed by atoms with Gasteiger partial charge in [-0.3, -0.25) is 4.79 Å². The van der Waals surface area contributed by atoms with Gasteiger partial charge in [0.2, 0.25) is 5.43 Å². The van der Waals surface area contributed by atoms with Gasteiger partial charge in [0.05, 0.1) is 5.52 Å². The van der Waals surface area contributed by atoms with Crippen LogP contribution in [0.15, 0.2) is 23.1 Å². The number of carbonyl (C=O) groups is 1. The summed E-state index contributed by atoms with van der Waals surface area (Å²) < 4.78 is 1.67. The number of carboxylic acids is 1. The highest BCUT2D eigenvalue weighted by Gasteiger charge is 2.13. The van der Waals surface area contributed by atoms with Crippen molar-refractivity contribution in [3.63, 3.8) is 0 Å². The van der Waals surface area contributed by atoms with Crippen molar-refractivity contribution in [2.75, 3.05) is 0 Å². The summed E-state index contributed by atoms with van der Waals surface area (Å²) in [6, 6.07) is 3.65. The molecule has 0 saturated heterocycles. The van der Waals surface area contributed by atoms with Gasteiger partial charge in [-0.2, -0.15) is 0 Å². The van der Waals surface area contributed by atoms with Crippen molar-refractivity contribution in [3.05, 3.63) is 45.2 Å². The van der Waals surface area contributed by atoms with E-state index in [2.05, 4.69) is 0 Å². The average Bonchev–Trinajstić information content (AvgIpc) is 2.25. The lowest BCUT2D eigenvalue weighted by atomic mass is 10.0. The molecule has 0 radical (unpaired) electrons. The number of rotatable bonds is 1. The zero-order chi connectivity index (χ0) is 12.7. The van der Waals surface area contributed by atoms with Crippen molar-refractivity contribution in [3.8, 4) is 0 Å². The van der Waals surface area contributed by atoms with Gasteiger partial charge in [0.25, 0.3) is 0 Å². The van der Waals surface area contributed by atoms with Crippen LogP contribution in [-0.4, -0.2) is 15.6 Å². The fraction of sp³-hybridized carbons (Fsp3) is 0.231. The fourth-order valence-corrected chi connectivity index (χ4v) is 1.89. The first kappa shape index (κ1) is 11.4. The molecule has 0 saturated carbocycles. The third-order valence-electron chi connectivity index (χ3n) is 3.03. The fourth-order valence-electron chi connectivity index (χ4n) is 1.89. The first-order valence-electron chi connectivity index (χ1n) is 5.25. The number of carboxylic acid groups (broad SMARTS) is 1. The molecule has 2 rings (SSSR count). The normalized spacial score (nSPS) is 10.8. The molecule has 88 valence electrons. The topological polar surface area (TPSA) is 59.3 Å². The van der Waals surface area contributed by atoms with E-state index in [0.29, 0.717) is 5.39 Å². The molecule has 0 unspecified atom stereocenters. The standard InChI is InChI=1S/C13H13NO3/c1-7-4-9-11(5-8(7)2)14(3)6-10(12(9)15)13(16)17/h4-6H,1-3H3,(H,16,17). The molecular weight excluding hydrogens is 218 g/mol. The molecule has 0 atom stereocenters. The first-order valence-corrected chi connectivity index (χ1v) is 5.25. The minimum atomic E-state index is -1.19. The van der Waals surface area contributed by atoms with Crippen molar-refractivity contribution in [2.24, 2.45) is 7.05 Å². The number of aryl methyl sites for hydroxylation is 3. The summed E-state index contributed by atoms with van der Waals surface area (Å²) in [6.45, 7) is 3.87. The van der Waals surface area contributed by atoms with E-state index in [0.717, 1.165) is 16.6 Å². The second kappa shape index (κ2) is 3.73. The Balaban J connectivity index is 2.99. The van der Waals surface area contributed by atoms with Crippen LogP contribution < -0.4 is 5.43 Å². The molecule has 0 bridgehead atoms. The lowest BCUT2D eigenvalue weighted by molar-refractivity contribution is 0.0695. The Hall–Kier alpha value is -2.10. The van der Waals surface area contributed by atoms with Gasteiger partial charge in [0.15, 0.2) is 0 Å².